The number of unbranched alkanes of at least 4 members (excludes halogenated alkanes) is 2. The maximum atomic E-state index is 5.62. The first-order chi connectivity index (χ1) is 9.17. The van der Waals surface area contributed by atoms with Crippen molar-refractivity contribution in [3.8, 4) is 0 Å². The third kappa shape index (κ3) is 6.05. The molecule has 5 nitrogen and oxygen atoms in total. The highest BCUT2D eigenvalue weighted by Crippen LogP contribution is 2.15. The lowest BCUT2D eigenvalue weighted by molar-refractivity contribution is 0.420. The molecule has 0 bridgehead atoms. The topological polar surface area (TPSA) is 63.0 Å². The smallest absolute Gasteiger partial charge is 0.315 e. The van der Waals surface area contributed by atoms with Crippen molar-refractivity contribution in [1.29, 1.82) is 0 Å². The van der Waals surface area contributed by atoms with E-state index in [1.807, 2.05) is 6.92 Å². The normalized spacial score (nSPS) is 14.3. The van der Waals surface area contributed by atoms with Crippen LogP contribution in [0.1, 0.15) is 71.7 Å². The fraction of sp³-hybridized carbons (Fsp3) is 0.857. The number of aromatic nitrogens is 2. The van der Waals surface area contributed by atoms with Gasteiger partial charge in [-0.3, -0.25) is 0 Å². The standard InChI is InChI=1S/C14H28N4O/c1-5-7-8-9-11(3)16-14-18-17-13(19-14)12(4)15-10-6-2/h11-12,15H,5-10H2,1-4H3,(H,16,18). The Labute approximate surface area is 116 Å². The molecule has 1 rings (SSSR count). The molecule has 2 N–H and O–H groups in total. The molecule has 0 radical (unpaired) electrons. The van der Waals surface area contributed by atoms with Gasteiger partial charge in [-0.15, -0.1) is 5.10 Å². The summed E-state index contributed by atoms with van der Waals surface area (Å²) in [6, 6.07) is 1.02. The summed E-state index contributed by atoms with van der Waals surface area (Å²) >= 11 is 0. The van der Waals surface area contributed by atoms with Crippen molar-refractivity contribution in [2.45, 2.75) is 71.9 Å². The average molecular weight is 268 g/mol. The molecule has 0 saturated carbocycles. The van der Waals surface area contributed by atoms with Crippen LogP contribution in [-0.2, 0) is 0 Å². The van der Waals surface area contributed by atoms with E-state index in [9.17, 15) is 0 Å². The first-order valence-corrected chi connectivity index (χ1v) is 7.50. The third-order valence-corrected chi connectivity index (χ3v) is 3.12. The Kier molecular flexibility index (Phi) is 7.48. The predicted octanol–water partition coefficient (Wildman–Crippen LogP) is 3.51. The van der Waals surface area contributed by atoms with Crippen molar-refractivity contribution in [3.05, 3.63) is 5.89 Å². The first-order valence-electron chi connectivity index (χ1n) is 7.50. The van der Waals surface area contributed by atoms with E-state index < -0.39 is 0 Å². The van der Waals surface area contributed by atoms with Crippen LogP contribution in [0.4, 0.5) is 6.01 Å². The van der Waals surface area contributed by atoms with E-state index in [2.05, 4.69) is 41.6 Å². The van der Waals surface area contributed by atoms with Crippen LogP contribution < -0.4 is 10.6 Å². The van der Waals surface area contributed by atoms with Crippen LogP contribution in [0, 0.1) is 0 Å². The maximum Gasteiger partial charge on any atom is 0.315 e. The van der Waals surface area contributed by atoms with Crippen molar-refractivity contribution in [3.63, 3.8) is 0 Å². The van der Waals surface area contributed by atoms with Gasteiger partial charge in [0, 0.05) is 6.04 Å². The zero-order chi connectivity index (χ0) is 14.1. The molecule has 0 aliphatic rings. The van der Waals surface area contributed by atoms with Crippen molar-refractivity contribution in [2.24, 2.45) is 0 Å². The van der Waals surface area contributed by atoms with Gasteiger partial charge in [-0.05, 0) is 33.2 Å². The minimum atomic E-state index is 0.110. The first kappa shape index (κ1) is 16.0. The quantitative estimate of drug-likeness (QED) is 0.636. The highest BCUT2D eigenvalue weighted by molar-refractivity contribution is 5.19. The van der Waals surface area contributed by atoms with Gasteiger partial charge in [0.15, 0.2) is 0 Å². The average Bonchev–Trinajstić information content (AvgIpc) is 2.84. The van der Waals surface area contributed by atoms with Gasteiger partial charge < -0.3 is 15.1 Å². The summed E-state index contributed by atoms with van der Waals surface area (Å²) < 4.78 is 5.62. The van der Waals surface area contributed by atoms with Crippen LogP contribution in [0.15, 0.2) is 4.42 Å². The van der Waals surface area contributed by atoms with Gasteiger partial charge in [-0.25, -0.2) is 0 Å². The Balaban J connectivity index is 2.37. The van der Waals surface area contributed by atoms with Gasteiger partial charge in [0.2, 0.25) is 5.89 Å². The van der Waals surface area contributed by atoms with Gasteiger partial charge >= 0.3 is 6.01 Å². The summed E-state index contributed by atoms with van der Waals surface area (Å²) in [7, 11) is 0. The van der Waals surface area contributed by atoms with E-state index in [0.717, 1.165) is 19.4 Å². The van der Waals surface area contributed by atoms with Gasteiger partial charge in [-0.1, -0.05) is 38.2 Å². The van der Waals surface area contributed by atoms with Crippen LogP contribution in [0.5, 0.6) is 0 Å². The van der Waals surface area contributed by atoms with E-state index in [1.54, 1.807) is 0 Å². The summed E-state index contributed by atoms with van der Waals surface area (Å²) in [6.45, 7) is 9.50. The van der Waals surface area contributed by atoms with Crippen molar-refractivity contribution < 1.29 is 4.42 Å². The van der Waals surface area contributed by atoms with Crippen molar-refractivity contribution in [1.82, 2.24) is 15.5 Å². The molecular formula is C14H28N4O. The van der Waals surface area contributed by atoms with E-state index >= 15 is 0 Å². The third-order valence-electron chi connectivity index (χ3n) is 3.12. The second kappa shape index (κ2) is 8.91. The summed E-state index contributed by atoms with van der Waals surface area (Å²) in [5, 5.41) is 14.7. The van der Waals surface area contributed by atoms with Crippen molar-refractivity contribution in [2.75, 3.05) is 11.9 Å². The molecule has 2 unspecified atom stereocenters. The molecule has 0 amide bonds. The maximum absolute atomic E-state index is 5.62. The zero-order valence-electron chi connectivity index (χ0n) is 12.7. The Morgan fingerprint density at radius 2 is 1.89 bits per heavy atom. The SMILES string of the molecule is CCCCCC(C)Nc1nnc(C(C)NCCC)o1. The molecule has 0 aliphatic heterocycles. The molecular weight excluding hydrogens is 240 g/mol. The predicted molar refractivity (Wildman–Crippen MR) is 78.2 cm³/mol. The molecule has 2 atom stereocenters. The minimum Gasteiger partial charge on any atom is -0.406 e. The molecule has 0 spiro atoms. The minimum absolute atomic E-state index is 0.110. The molecule has 0 aliphatic carbocycles. The molecule has 19 heavy (non-hydrogen) atoms. The van der Waals surface area contributed by atoms with E-state index in [-0.39, 0.29) is 6.04 Å². The molecule has 5 heteroatoms. The molecule has 1 heterocycles. The number of rotatable bonds is 10. The number of nitrogens with one attached hydrogen (secondary N) is 2. The molecule has 1 aromatic rings. The summed E-state index contributed by atoms with van der Waals surface area (Å²) in [5.74, 6) is 0.650. The van der Waals surface area contributed by atoms with Crippen LogP contribution >= 0.6 is 0 Å². The van der Waals surface area contributed by atoms with Crippen molar-refractivity contribution >= 4 is 6.01 Å². The molecule has 1 aromatic heterocycles. The summed E-state index contributed by atoms with van der Waals surface area (Å²) in [5.41, 5.74) is 0. The molecule has 0 fully saturated rings. The van der Waals surface area contributed by atoms with Crippen LogP contribution in [0.25, 0.3) is 0 Å². The van der Waals surface area contributed by atoms with Gasteiger partial charge in [0.25, 0.3) is 0 Å². The van der Waals surface area contributed by atoms with E-state index in [1.165, 1.54) is 19.3 Å². The Morgan fingerprint density at radius 1 is 1.11 bits per heavy atom. The molecule has 0 saturated heterocycles. The largest absolute Gasteiger partial charge is 0.406 e. The Morgan fingerprint density at radius 3 is 2.58 bits per heavy atom. The Hall–Kier alpha value is -1.10. The highest BCUT2D eigenvalue weighted by Gasteiger charge is 2.14. The molecule has 0 aromatic carbocycles. The van der Waals surface area contributed by atoms with Crippen LogP contribution in [0.3, 0.4) is 0 Å². The number of hydrogen-bond acceptors (Lipinski definition) is 5. The number of anilines is 1. The number of hydrogen-bond donors (Lipinski definition) is 2. The van der Waals surface area contributed by atoms with Gasteiger partial charge in [0.1, 0.15) is 0 Å². The second-order valence-electron chi connectivity index (χ2n) is 5.16. The fourth-order valence-electron chi connectivity index (χ4n) is 1.90. The lowest BCUT2D eigenvalue weighted by atomic mass is 10.1. The second-order valence-corrected chi connectivity index (χ2v) is 5.16. The van der Waals surface area contributed by atoms with Crippen LogP contribution in [0.2, 0.25) is 0 Å². The fourth-order valence-corrected chi connectivity index (χ4v) is 1.90. The van der Waals surface area contributed by atoms with Gasteiger partial charge in [0.05, 0.1) is 6.04 Å². The van der Waals surface area contributed by atoms with Crippen LogP contribution in [-0.4, -0.2) is 22.8 Å². The summed E-state index contributed by atoms with van der Waals surface area (Å²) in [6.07, 6.45) is 5.99. The van der Waals surface area contributed by atoms with E-state index in [0.29, 0.717) is 17.9 Å². The zero-order valence-corrected chi connectivity index (χ0v) is 12.7. The number of nitrogens with zero attached hydrogens (tertiary/aromatic N) is 2. The Bertz CT molecular complexity index is 340. The highest BCUT2D eigenvalue weighted by atomic mass is 16.4. The summed E-state index contributed by atoms with van der Waals surface area (Å²) in [4.78, 5) is 0. The van der Waals surface area contributed by atoms with E-state index in [4.69, 9.17) is 4.42 Å². The monoisotopic (exact) mass is 268 g/mol. The lowest BCUT2D eigenvalue weighted by Crippen LogP contribution is -2.19. The molecule has 110 valence electrons. The van der Waals surface area contributed by atoms with Gasteiger partial charge in [-0.2, -0.15) is 0 Å². The lowest BCUT2D eigenvalue weighted by Gasteiger charge is -2.11.